The van der Waals surface area contributed by atoms with Crippen molar-refractivity contribution in [1.29, 1.82) is 0 Å². The van der Waals surface area contributed by atoms with E-state index in [-0.39, 0.29) is 13.2 Å². The van der Waals surface area contributed by atoms with Gasteiger partial charge < -0.3 is 15.6 Å². The number of anilines is 1. The van der Waals surface area contributed by atoms with Crippen molar-refractivity contribution in [2.45, 2.75) is 13.2 Å². The van der Waals surface area contributed by atoms with Crippen molar-refractivity contribution in [3.05, 3.63) is 64.2 Å². The van der Waals surface area contributed by atoms with E-state index in [1.807, 2.05) is 0 Å². The van der Waals surface area contributed by atoms with E-state index in [0.717, 1.165) is 11.1 Å². The molecule has 0 aliphatic heterocycles. The molecule has 2 aromatic carbocycles. The molecule has 4 nitrogen and oxygen atoms in total. The highest BCUT2D eigenvalue weighted by molar-refractivity contribution is 6.33. The van der Waals surface area contributed by atoms with Gasteiger partial charge in [0.1, 0.15) is 6.61 Å². The number of carbonyl (C=O) groups is 1. The Balaban J connectivity index is 1.98. The third-order valence-electron chi connectivity index (χ3n) is 2.81. The van der Waals surface area contributed by atoms with Gasteiger partial charge in [-0.3, -0.25) is 0 Å². The third-order valence-corrected chi connectivity index (χ3v) is 3.15. The number of hydrogen-bond acceptors (Lipinski definition) is 4. The van der Waals surface area contributed by atoms with E-state index < -0.39 is 5.97 Å². The minimum Gasteiger partial charge on any atom is -0.457 e. The van der Waals surface area contributed by atoms with Crippen molar-refractivity contribution in [3.63, 3.8) is 0 Å². The molecular formula is C15H14ClNO3. The Morgan fingerprint density at radius 2 is 1.80 bits per heavy atom. The quantitative estimate of drug-likeness (QED) is 0.671. The highest BCUT2D eigenvalue weighted by Gasteiger charge is 2.09. The summed E-state index contributed by atoms with van der Waals surface area (Å²) in [6.45, 7) is 0.150. The Kier molecular flexibility index (Phi) is 4.61. The monoisotopic (exact) mass is 291 g/mol. The number of aliphatic hydroxyl groups is 1. The molecule has 0 amide bonds. The lowest BCUT2D eigenvalue weighted by Gasteiger charge is -2.07. The van der Waals surface area contributed by atoms with E-state index in [1.165, 1.54) is 6.07 Å². The zero-order valence-corrected chi connectivity index (χ0v) is 11.4. The van der Waals surface area contributed by atoms with E-state index in [4.69, 9.17) is 27.2 Å². The minimum absolute atomic E-state index is 0.00980. The Hall–Kier alpha value is -2.04. The SMILES string of the molecule is Nc1cc(C(=O)OCc2ccc(CO)cc2)ccc1Cl. The van der Waals surface area contributed by atoms with Crippen LogP contribution in [-0.2, 0) is 18.0 Å². The molecule has 0 saturated carbocycles. The molecule has 0 saturated heterocycles. The maximum atomic E-state index is 11.8. The molecule has 0 fully saturated rings. The number of ether oxygens (including phenoxy) is 1. The molecule has 5 heteroatoms. The van der Waals surface area contributed by atoms with Gasteiger partial charge in [-0.15, -0.1) is 0 Å². The summed E-state index contributed by atoms with van der Waals surface area (Å²) in [4.78, 5) is 11.8. The average Bonchev–Trinajstić information content (AvgIpc) is 2.48. The van der Waals surface area contributed by atoms with Gasteiger partial charge in [0, 0.05) is 0 Å². The lowest BCUT2D eigenvalue weighted by Crippen LogP contribution is -2.06. The zero-order valence-electron chi connectivity index (χ0n) is 10.7. The van der Waals surface area contributed by atoms with E-state index in [2.05, 4.69) is 0 Å². The van der Waals surface area contributed by atoms with Gasteiger partial charge in [0.25, 0.3) is 0 Å². The van der Waals surface area contributed by atoms with Crippen LogP contribution in [0, 0.1) is 0 Å². The Bertz CT molecular complexity index is 611. The highest BCUT2D eigenvalue weighted by Crippen LogP contribution is 2.20. The predicted molar refractivity (Wildman–Crippen MR) is 77.3 cm³/mol. The van der Waals surface area contributed by atoms with Crippen LogP contribution >= 0.6 is 11.6 Å². The van der Waals surface area contributed by atoms with Gasteiger partial charge in [0.15, 0.2) is 0 Å². The summed E-state index contributed by atoms with van der Waals surface area (Å²) in [5.74, 6) is -0.459. The molecule has 0 unspecified atom stereocenters. The van der Waals surface area contributed by atoms with Gasteiger partial charge in [-0.1, -0.05) is 35.9 Å². The smallest absolute Gasteiger partial charge is 0.338 e. The van der Waals surface area contributed by atoms with Crippen molar-refractivity contribution in [1.82, 2.24) is 0 Å². The van der Waals surface area contributed by atoms with Crippen LogP contribution in [0.2, 0.25) is 5.02 Å². The number of carbonyl (C=O) groups excluding carboxylic acids is 1. The maximum absolute atomic E-state index is 11.8. The number of aliphatic hydroxyl groups excluding tert-OH is 1. The first-order valence-electron chi connectivity index (χ1n) is 6.01. The summed E-state index contributed by atoms with van der Waals surface area (Å²) < 4.78 is 5.18. The van der Waals surface area contributed by atoms with Crippen LogP contribution < -0.4 is 5.73 Å². The average molecular weight is 292 g/mol. The van der Waals surface area contributed by atoms with Gasteiger partial charge in [-0.2, -0.15) is 0 Å². The highest BCUT2D eigenvalue weighted by atomic mass is 35.5. The molecule has 20 heavy (non-hydrogen) atoms. The first kappa shape index (κ1) is 14.4. The summed E-state index contributed by atoms with van der Waals surface area (Å²) in [5, 5.41) is 9.34. The van der Waals surface area contributed by atoms with Gasteiger partial charge in [0.05, 0.1) is 22.9 Å². The summed E-state index contributed by atoms with van der Waals surface area (Å²) in [7, 11) is 0. The molecule has 3 N–H and O–H groups in total. The molecule has 0 aromatic heterocycles. The van der Waals surface area contributed by atoms with Crippen LogP contribution in [-0.4, -0.2) is 11.1 Å². The van der Waals surface area contributed by atoms with Crippen LogP contribution in [0.4, 0.5) is 5.69 Å². The molecule has 0 bridgehead atoms. The van der Waals surface area contributed by atoms with Crippen LogP contribution in [0.15, 0.2) is 42.5 Å². The summed E-state index contributed by atoms with van der Waals surface area (Å²) >= 11 is 5.79. The molecule has 0 radical (unpaired) electrons. The second-order valence-electron chi connectivity index (χ2n) is 4.29. The van der Waals surface area contributed by atoms with Gasteiger partial charge >= 0.3 is 5.97 Å². The van der Waals surface area contributed by atoms with Crippen molar-refractivity contribution >= 4 is 23.3 Å². The fraction of sp³-hybridized carbons (Fsp3) is 0.133. The molecule has 2 aromatic rings. The van der Waals surface area contributed by atoms with Crippen molar-refractivity contribution in [2.24, 2.45) is 0 Å². The van der Waals surface area contributed by atoms with Crippen LogP contribution in [0.1, 0.15) is 21.5 Å². The standard InChI is InChI=1S/C15H14ClNO3/c16-13-6-5-12(7-14(13)17)15(19)20-9-11-3-1-10(8-18)2-4-11/h1-7,18H,8-9,17H2. The summed E-state index contributed by atoms with van der Waals surface area (Å²) in [5.41, 5.74) is 7.99. The summed E-state index contributed by atoms with van der Waals surface area (Å²) in [6.07, 6.45) is 0. The third kappa shape index (κ3) is 3.50. The number of nitrogens with two attached hydrogens (primary N) is 1. The van der Waals surface area contributed by atoms with E-state index in [9.17, 15) is 4.79 Å². The Labute approximate surface area is 121 Å². The maximum Gasteiger partial charge on any atom is 0.338 e. The van der Waals surface area contributed by atoms with Gasteiger partial charge in [0.2, 0.25) is 0 Å². The van der Waals surface area contributed by atoms with Crippen LogP contribution in [0.25, 0.3) is 0 Å². The second-order valence-corrected chi connectivity index (χ2v) is 4.69. The van der Waals surface area contributed by atoms with E-state index >= 15 is 0 Å². The number of hydrogen-bond donors (Lipinski definition) is 2. The number of nitrogen functional groups attached to an aromatic ring is 1. The lowest BCUT2D eigenvalue weighted by molar-refractivity contribution is 0.0472. The minimum atomic E-state index is -0.459. The second kappa shape index (κ2) is 6.41. The fourth-order valence-corrected chi connectivity index (χ4v) is 1.76. The fourth-order valence-electron chi connectivity index (χ4n) is 1.64. The number of rotatable bonds is 4. The normalized spacial score (nSPS) is 10.3. The van der Waals surface area contributed by atoms with E-state index in [0.29, 0.717) is 16.3 Å². The largest absolute Gasteiger partial charge is 0.457 e. The Morgan fingerprint density at radius 1 is 1.15 bits per heavy atom. The number of benzene rings is 2. The molecule has 0 spiro atoms. The number of halogens is 1. The first-order valence-corrected chi connectivity index (χ1v) is 6.39. The molecule has 2 rings (SSSR count). The number of esters is 1. The summed E-state index contributed by atoms with van der Waals surface area (Å²) in [6, 6.07) is 11.8. The van der Waals surface area contributed by atoms with E-state index in [1.54, 1.807) is 36.4 Å². The van der Waals surface area contributed by atoms with Crippen LogP contribution in [0.3, 0.4) is 0 Å². The van der Waals surface area contributed by atoms with Gasteiger partial charge in [-0.05, 0) is 29.3 Å². The Morgan fingerprint density at radius 3 is 2.40 bits per heavy atom. The predicted octanol–water partition coefficient (Wildman–Crippen LogP) is 2.77. The molecule has 0 aliphatic carbocycles. The molecular weight excluding hydrogens is 278 g/mol. The van der Waals surface area contributed by atoms with Crippen molar-refractivity contribution in [2.75, 3.05) is 5.73 Å². The molecule has 104 valence electrons. The van der Waals surface area contributed by atoms with Crippen molar-refractivity contribution in [3.8, 4) is 0 Å². The van der Waals surface area contributed by atoms with Gasteiger partial charge in [-0.25, -0.2) is 4.79 Å². The zero-order chi connectivity index (χ0) is 14.5. The van der Waals surface area contributed by atoms with Crippen LogP contribution in [0.5, 0.6) is 0 Å². The van der Waals surface area contributed by atoms with Crippen molar-refractivity contribution < 1.29 is 14.6 Å². The molecule has 0 heterocycles. The molecule has 0 aliphatic rings. The topological polar surface area (TPSA) is 72.6 Å². The molecule has 0 atom stereocenters. The first-order chi connectivity index (χ1) is 9.60. The lowest BCUT2D eigenvalue weighted by atomic mass is 10.1.